The van der Waals surface area contributed by atoms with Crippen LogP contribution in [-0.4, -0.2) is 19.1 Å². The highest BCUT2D eigenvalue weighted by Gasteiger charge is 2.02. The number of hydrogen-bond donors (Lipinski definition) is 0. The average Bonchev–Trinajstić information content (AvgIpc) is 2.87. The van der Waals surface area contributed by atoms with Crippen molar-refractivity contribution < 1.29 is 4.42 Å². The summed E-state index contributed by atoms with van der Waals surface area (Å²) in [6, 6.07) is 14.0. The van der Waals surface area contributed by atoms with Gasteiger partial charge in [0.2, 0.25) is 0 Å². The molecule has 0 spiro atoms. The van der Waals surface area contributed by atoms with Crippen LogP contribution in [0.25, 0.3) is 11.1 Å². The van der Waals surface area contributed by atoms with E-state index in [1.165, 1.54) is 0 Å². The minimum atomic E-state index is 0.451. The quantitative estimate of drug-likeness (QED) is 0.636. The van der Waals surface area contributed by atoms with E-state index in [9.17, 15) is 0 Å². The molecule has 0 aliphatic heterocycles. The number of rotatable bonds is 1. The van der Waals surface area contributed by atoms with Crippen LogP contribution in [0.2, 0.25) is 0 Å². The van der Waals surface area contributed by atoms with Crippen LogP contribution < -0.4 is 4.90 Å². The third-order valence-electron chi connectivity index (χ3n) is 3.24. The molecule has 0 aliphatic carbocycles. The van der Waals surface area contributed by atoms with Crippen LogP contribution in [0.15, 0.2) is 46.9 Å². The van der Waals surface area contributed by atoms with Gasteiger partial charge in [0.05, 0.1) is 0 Å². The van der Waals surface area contributed by atoms with Crippen LogP contribution in [0.1, 0.15) is 17.0 Å². The van der Waals surface area contributed by atoms with Crippen molar-refractivity contribution in [2.45, 2.75) is 6.92 Å². The molecular formula is C18H16N2O. The third-order valence-corrected chi connectivity index (χ3v) is 3.24. The fourth-order valence-corrected chi connectivity index (χ4v) is 2.06. The van der Waals surface area contributed by atoms with Crippen molar-refractivity contribution in [3.8, 4) is 11.8 Å². The number of fused-ring (bicyclic) bond motifs is 1. The molecule has 0 amide bonds. The summed E-state index contributed by atoms with van der Waals surface area (Å²) in [4.78, 5) is 6.44. The molecule has 0 bridgehead atoms. The topological polar surface area (TPSA) is 29.3 Å². The Balaban J connectivity index is 1.88. The highest BCUT2D eigenvalue weighted by molar-refractivity contribution is 5.74. The number of benzene rings is 2. The summed E-state index contributed by atoms with van der Waals surface area (Å²) < 4.78 is 5.61. The summed E-state index contributed by atoms with van der Waals surface area (Å²) in [6.45, 7) is 2.03. The van der Waals surface area contributed by atoms with Gasteiger partial charge in [0.15, 0.2) is 5.58 Å². The Morgan fingerprint density at radius 3 is 2.48 bits per heavy atom. The molecule has 3 heteroatoms. The second-order valence-corrected chi connectivity index (χ2v) is 5.18. The van der Waals surface area contributed by atoms with Gasteiger partial charge in [-0.25, -0.2) is 4.98 Å². The first kappa shape index (κ1) is 13.3. The van der Waals surface area contributed by atoms with Crippen molar-refractivity contribution in [1.29, 1.82) is 0 Å². The Hall–Kier alpha value is -2.73. The summed E-state index contributed by atoms with van der Waals surface area (Å²) in [5.41, 5.74) is 4.88. The van der Waals surface area contributed by atoms with E-state index < -0.39 is 0 Å². The number of aromatic nitrogens is 1. The lowest BCUT2D eigenvalue weighted by Crippen LogP contribution is -2.07. The normalized spacial score (nSPS) is 10.2. The Kier molecular flexibility index (Phi) is 3.37. The predicted molar refractivity (Wildman–Crippen MR) is 85.5 cm³/mol. The van der Waals surface area contributed by atoms with E-state index in [1.807, 2.05) is 63.5 Å². The highest BCUT2D eigenvalue weighted by atomic mass is 16.3. The predicted octanol–water partition coefficient (Wildman–Crippen LogP) is 3.60. The molecule has 21 heavy (non-hydrogen) atoms. The SMILES string of the molecule is Cc1ccc2oc(C#Cc3ccc(N(C)C)cc3)nc2c1. The van der Waals surface area contributed by atoms with Gasteiger partial charge in [0, 0.05) is 25.3 Å². The van der Waals surface area contributed by atoms with E-state index in [-0.39, 0.29) is 0 Å². The van der Waals surface area contributed by atoms with Crippen molar-refractivity contribution >= 4 is 16.8 Å². The van der Waals surface area contributed by atoms with Crippen molar-refractivity contribution in [3.63, 3.8) is 0 Å². The maximum atomic E-state index is 5.61. The van der Waals surface area contributed by atoms with E-state index in [2.05, 4.69) is 21.7 Å². The first-order valence-electron chi connectivity index (χ1n) is 6.78. The molecular weight excluding hydrogens is 260 g/mol. The van der Waals surface area contributed by atoms with Gasteiger partial charge in [-0.2, -0.15) is 0 Å². The van der Waals surface area contributed by atoms with E-state index in [4.69, 9.17) is 4.42 Å². The van der Waals surface area contributed by atoms with Gasteiger partial charge in [-0.1, -0.05) is 12.0 Å². The van der Waals surface area contributed by atoms with Gasteiger partial charge in [-0.15, -0.1) is 0 Å². The zero-order valence-electron chi connectivity index (χ0n) is 12.3. The monoisotopic (exact) mass is 276 g/mol. The molecule has 0 fully saturated rings. The standard InChI is InChI=1S/C18H16N2O/c1-13-4-10-17-16(12-13)19-18(21-17)11-7-14-5-8-15(9-6-14)20(2)3/h4-6,8-10,12H,1-3H3. The van der Waals surface area contributed by atoms with Crippen molar-refractivity contribution in [2.24, 2.45) is 0 Å². The molecule has 0 N–H and O–H groups in total. The molecule has 104 valence electrons. The Morgan fingerprint density at radius 2 is 1.76 bits per heavy atom. The summed E-state index contributed by atoms with van der Waals surface area (Å²) in [6.07, 6.45) is 0. The fraction of sp³-hybridized carbons (Fsp3) is 0.167. The number of anilines is 1. The first-order valence-corrected chi connectivity index (χ1v) is 6.78. The second kappa shape index (κ2) is 5.34. The van der Waals surface area contributed by atoms with Gasteiger partial charge >= 0.3 is 0 Å². The minimum Gasteiger partial charge on any atom is -0.430 e. The van der Waals surface area contributed by atoms with Crippen LogP contribution in [0.5, 0.6) is 0 Å². The summed E-state index contributed by atoms with van der Waals surface area (Å²) in [5, 5.41) is 0. The average molecular weight is 276 g/mol. The van der Waals surface area contributed by atoms with Gasteiger partial charge in [0.25, 0.3) is 5.89 Å². The first-order chi connectivity index (χ1) is 10.1. The number of aryl methyl sites for hydroxylation is 1. The largest absolute Gasteiger partial charge is 0.430 e. The molecule has 1 aromatic heterocycles. The maximum Gasteiger partial charge on any atom is 0.274 e. The van der Waals surface area contributed by atoms with Gasteiger partial charge in [0.1, 0.15) is 5.52 Å². The van der Waals surface area contributed by atoms with Gasteiger partial charge < -0.3 is 9.32 Å². The lowest BCUT2D eigenvalue weighted by Gasteiger charge is -2.11. The van der Waals surface area contributed by atoms with Crippen LogP contribution in [0, 0.1) is 18.8 Å². The third kappa shape index (κ3) is 2.90. The zero-order chi connectivity index (χ0) is 14.8. The van der Waals surface area contributed by atoms with Crippen molar-refractivity contribution in [2.75, 3.05) is 19.0 Å². The Labute approximate surface area is 124 Å². The number of oxazole rings is 1. The minimum absolute atomic E-state index is 0.451. The molecule has 0 saturated heterocycles. The van der Waals surface area contributed by atoms with E-state index in [0.717, 1.165) is 27.9 Å². The molecule has 3 nitrogen and oxygen atoms in total. The van der Waals surface area contributed by atoms with Crippen LogP contribution >= 0.6 is 0 Å². The van der Waals surface area contributed by atoms with E-state index >= 15 is 0 Å². The molecule has 1 heterocycles. The van der Waals surface area contributed by atoms with Crippen molar-refractivity contribution in [1.82, 2.24) is 4.98 Å². The zero-order valence-corrected chi connectivity index (χ0v) is 12.3. The molecule has 0 aliphatic rings. The Bertz CT molecular complexity index is 833. The number of hydrogen-bond acceptors (Lipinski definition) is 3. The molecule has 0 saturated carbocycles. The number of nitrogens with zero attached hydrogens (tertiary/aromatic N) is 2. The molecule has 2 aromatic carbocycles. The van der Waals surface area contributed by atoms with E-state index in [0.29, 0.717) is 5.89 Å². The molecule has 3 aromatic rings. The Morgan fingerprint density at radius 1 is 1.00 bits per heavy atom. The highest BCUT2D eigenvalue weighted by Crippen LogP contribution is 2.16. The van der Waals surface area contributed by atoms with Crippen molar-refractivity contribution in [3.05, 3.63) is 59.5 Å². The lowest BCUT2D eigenvalue weighted by atomic mass is 10.2. The van der Waals surface area contributed by atoms with Crippen LogP contribution in [-0.2, 0) is 0 Å². The van der Waals surface area contributed by atoms with Crippen LogP contribution in [0.4, 0.5) is 5.69 Å². The van der Waals surface area contributed by atoms with E-state index in [1.54, 1.807) is 0 Å². The smallest absolute Gasteiger partial charge is 0.274 e. The molecule has 3 rings (SSSR count). The summed E-state index contributed by atoms with van der Waals surface area (Å²) in [7, 11) is 4.03. The summed E-state index contributed by atoms with van der Waals surface area (Å²) in [5.74, 6) is 6.51. The second-order valence-electron chi connectivity index (χ2n) is 5.18. The lowest BCUT2D eigenvalue weighted by molar-refractivity contribution is 0.586. The fourth-order valence-electron chi connectivity index (χ4n) is 2.06. The van der Waals surface area contributed by atoms with Gasteiger partial charge in [-0.3, -0.25) is 0 Å². The molecule has 0 radical (unpaired) electrons. The maximum absolute atomic E-state index is 5.61. The summed E-state index contributed by atoms with van der Waals surface area (Å²) >= 11 is 0. The van der Waals surface area contributed by atoms with Gasteiger partial charge in [-0.05, 0) is 54.8 Å². The molecule has 0 unspecified atom stereocenters. The van der Waals surface area contributed by atoms with Crippen LogP contribution in [0.3, 0.4) is 0 Å². The molecule has 0 atom stereocenters.